The molecule has 1 aliphatic rings. The van der Waals surface area contributed by atoms with E-state index in [1.807, 2.05) is 0 Å². The van der Waals surface area contributed by atoms with Crippen LogP contribution in [-0.4, -0.2) is 57.3 Å². The summed E-state index contributed by atoms with van der Waals surface area (Å²) in [5.74, 6) is 1.60. The second-order valence-electron chi connectivity index (χ2n) is 4.75. The Labute approximate surface area is 110 Å². The Morgan fingerprint density at radius 3 is 2.94 bits per heavy atom. The number of piperidine rings is 1. The van der Waals surface area contributed by atoms with Crippen molar-refractivity contribution < 1.29 is 9.47 Å². The Hall–Kier alpha value is 0.170. The Balaban J connectivity index is 1.98. The van der Waals surface area contributed by atoms with Crippen LogP contribution in [0.25, 0.3) is 0 Å². The average molecular weight is 264 g/mol. The number of halogens is 1. The zero-order valence-electron chi connectivity index (χ0n) is 11.0. The fourth-order valence-electron chi connectivity index (χ4n) is 2.35. The van der Waals surface area contributed by atoms with Gasteiger partial charge in [-0.2, -0.15) is 0 Å². The lowest BCUT2D eigenvalue weighted by molar-refractivity contribution is 0.0710. The molecule has 0 aromatic heterocycles. The first-order valence-electron chi connectivity index (χ1n) is 6.71. The summed E-state index contributed by atoms with van der Waals surface area (Å²) in [6.45, 7) is 5.94. The molecular formula is C13H26ClNO2. The lowest BCUT2D eigenvalue weighted by atomic mass is 9.96. The van der Waals surface area contributed by atoms with E-state index in [-0.39, 0.29) is 0 Å². The topological polar surface area (TPSA) is 21.7 Å². The normalized spacial score (nSPS) is 21.9. The summed E-state index contributed by atoms with van der Waals surface area (Å²) in [5, 5.41) is 0. The van der Waals surface area contributed by atoms with Gasteiger partial charge in [0.15, 0.2) is 0 Å². The molecule has 1 unspecified atom stereocenters. The molecule has 0 N–H and O–H groups in total. The number of hydrogen-bond acceptors (Lipinski definition) is 3. The van der Waals surface area contributed by atoms with Crippen LogP contribution < -0.4 is 0 Å². The molecule has 0 radical (unpaired) electrons. The van der Waals surface area contributed by atoms with Gasteiger partial charge in [-0.3, -0.25) is 0 Å². The average Bonchev–Trinajstić information content (AvgIpc) is 2.35. The number of methoxy groups -OCH3 is 1. The third-order valence-electron chi connectivity index (χ3n) is 3.31. The highest BCUT2D eigenvalue weighted by Gasteiger charge is 2.18. The van der Waals surface area contributed by atoms with Gasteiger partial charge in [0.25, 0.3) is 0 Å². The second-order valence-corrected chi connectivity index (χ2v) is 5.12. The molecule has 0 aliphatic carbocycles. The van der Waals surface area contributed by atoms with Crippen LogP contribution in [0, 0.1) is 5.92 Å². The molecule has 0 bridgehead atoms. The van der Waals surface area contributed by atoms with Crippen molar-refractivity contribution in [2.45, 2.75) is 25.7 Å². The molecule has 0 amide bonds. The molecular weight excluding hydrogens is 238 g/mol. The zero-order chi connectivity index (χ0) is 12.3. The predicted molar refractivity (Wildman–Crippen MR) is 71.8 cm³/mol. The van der Waals surface area contributed by atoms with Gasteiger partial charge < -0.3 is 14.4 Å². The van der Waals surface area contributed by atoms with Crippen LogP contribution in [0.1, 0.15) is 25.7 Å². The van der Waals surface area contributed by atoms with Gasteiger partial charge in [-0.25, -0.2) is 0 Å². The van der Waals surface area contributed by atoms with E-state index in [1.165, 1.54) is 25.9 Å². The Kier molecular flexibility index (Phi) is 9.07. The van der Waals surface area contributed by atoms with Crippen molar-refractivity contribution in [2.24, 2.45) is 5.92 Å². The SMILES string of the molecule is COCCCOCCN1CCCC(CCCl)C1. The van der Waals surface area contributed by atoms with E-state index in [0.717, 1.165) is 51.0 Å². The maximum Gasteiger partial charge on any atom is 0.0593 e. The van der Waals surface area contributed by atoms with Crippen LogP contribution in [0.5, 0.6) is 0 Å². The molecule has 102 valence electrons. The summed E-state index contributed by atoms with van der Waals surface area (Å²) in [6.07, 6.45) is 4.81. The fraction of sp³-hybridized carbons (Fsp3) is 1.00. The molecule has 4 heteroatoms. The van der Waals surface area contributed by atoms with E-state index in [2.05, 4.69) is 4.90 Å². The van der Waals surface area contributed by atoms with Crippen LogP contribution in [-0.2, 0) is 9.47 Å². The summed E-state index contributed by atoms with van der Waals surface area (Å²) in [5.41, 5.74) is 0. The van der Waals surface area contributed by atoms with Crippen molar-refractivity contribution in [3.8, 4) is 0 Å². The van der Waals surface area contributed by atoms with E-state index < -0.39 is 0 Å². The first-order chi connectivity index (χ1) is 8.36. The molecule has 1 saturated heterocycles. The lowest BCUT2D eigenvalue weighted by Crippen LogP contribution is -2.37. The number of nitrogens with zero attached hydrogens (tertiary/aromatic N) is 1. The molecule has 0 aromatic rings. The van der Waals surface area contributed by atoms with Crippen molar-refractivity contribution in [3.63, 3.8) is 0 Å². The highest BCUT2D eigenvalue weighted by atomic mass is 35.5. The number of alkyl halides is 1. The van der Waals surface area contributed by atoms with Crippen molar-refractivity contribution in [3.05, 3.63) is 0 Å². The predicted octanol–water partition coefficient (Wildman–Crippen LogP) is 2.38. The molecule has 1 aliphatic heterocycles. The summed E-state index contributed by atoms with van der Waals surface area (Å²) < 4.78 is 10.6. The first kappa shape index (κ1) is 15.2. The van der Waals surface area contributed by atoms with Gasteiger partial charge in [-0.1, -0.05) is 0 Å². The molecule has 0 saturated carbocycles. The molecule has 0 spiro atoms. The minimum atomic E-state index is 0.793. The molecule has 1 heterocycles. The van der Waals surface area contributed by atoms with Crippen molar-refractivity contribution in [1.82, 2.24) is 4.90 Å². The Bertz CT molecular complexity index is 179. The minimum Gasteiger partial charge on any atom is -0.385 e. The quantitative estimate of drug-likeness (QED) is 0.471. The van der Waals surface area contributed by atoms with Crippen LogP contribution in [0.4, 0.5) is 0 Å². The van der Waals surface area contributed by atoms with E-state index in [9.17, 15) is 0 Å². The standard InChI is InChI=1S/C13H26ClNO2/c1-16-9-3-10-17-11-8-15-7-2-4-13(12-15)5-6-14/h13H,2-12H2,1H3. The monoisotopic (exact) mass is 263 g/mol. The maximum absolute atomic E-state index is 5.80. The van der Waals surface area contributed by atoms with E-state index >= 15 is 0 Å². The van der Waals surface area contributed by atoms with E-state index in [1.54, 1.807) is 7.11 Å². The fourth-order valence-corrected chi connectivity index (χ4v) is 2.65. The van der Waals surface area contributed by atoms with Gasteiger partial charge in [0.2, 0.25) is 0 Å². The van der Waals surface area contributed by atoms with Crippen molar-refractivity contribution in [1.29, 1.82) is 0 Å². The molecule has 1 fully saturated rings. The highest BCUT2D eigenvalue weighted by Crippen LogP contribution is 2.19. The van der Waals surface area contributed by atoms with Crippen LogP contribution in [0.3, 0.4) is 0 Å². The Morgan fingerprint density at radius 1 is 1.29 bits per heavy atom. The van der Waals surface area contributed by atoms with Gasteiger partial charge in [-0.05, 0) is 38.1 Å². The summed E-state index contributed by atoms with van der Waals surface area (Å²) in [4.78, 5) is 2.51. The Morgan fingerprint density at radius 2 is 2.18 bits per heavy atom. The third kappa shape index (κ3) is 7.24. The summed E-state index contributed by atoms with van der Waals surface area (Å²) in [6, 6.07) is 0. The smallest absolute Gasteiger partial charge is 0.0593 e. The van der Waals surface area contributed by atoms with Crippen LogP contribution >= 0.6 is 11.6 Å². The van der Waals surface area contributed by atoms with Gasteiger partial charge in [0, 0.05) is 39.3 Å². The number of hydrogen-bond donors (Lipinski definition) is 0. The van der Waals surface area contributed by atoms with Gasteiger partial charge in [0.1, 0.15) is 0 Å². The van der Waals surface area contributed by atoms with Crippen molar-refractivity contribution in [2.75, 3.05) is 52.4 Å². The maximum atomic E-state index is 5.80. The number of ether oxygens (including phenoxy) is 2. The molecule has 0 aromatic carbocycles. The zero-order valence-corrected chi connectivity index (χ0v) is 11.8. The minimum absolute atomic E-state index is 0.793. The highest BCUT2D eigenvalue weighted by molar-refractivity contribution is 6.17. The van der Waals surface area contributed by atoms with E-state index in [4.69, 9.17) is 21.1 Å². The third-order valence-corrected chi connectivity index (χ3v) is 3.53. The molecule has 1 rings (SSSR count). The van der Waals surface area contributed by atoms with Gasteiger partial charge in [-0.15, -0.1) is 11.6 Å². The summed E-state index contributed by atoms with van der Waals surface area (Å²) in [7, 11) is 1.73. The second kappa shape index (κ2) is 10.1. The van der Waals surface area contributed by atoms with Crippen LogP contribution in [0.15, 0.2) is 0 Å². The van der Waals surface area contributed by atoms with Crippen LogP contribution in [0.2, 0.25) is 0 Å². The molecule has 17 heavy (non-hydrogen) atoms. The largest absolute Gasteiger partial charge is 0.385 e. The van der Waals surface area contributed by atoms with Gasteiger partial charge >= 0.3 is 0 Å². The number of likely N-dealkylation sites (tertiary alicyclic amines) is 1. The lowest BCUT2D eigenvalue weighted by Gasteiger charge is -2.32. The van der Waals surface area contributed by atoms with E-state index in [0.29, 0.717) is 0 Å². The summed E-state index contributed by atoms with van der Waals surface area (Å²) >= 11 is 5.80. The first-order valence-corrected chi connectivity index (χ1v) is 7.25. The molecule has 1 atom stereocenters. The number of rotatable bonds is 9. The molecule has 3 nitrogen and oxygen atoms in total. The van der Waals surface area contributed by atoms with Gasteiger partial charge in [0.05, 0.1) is 6.61 Å². The van der Waals surface area contributed by atoms with Crippen molar-refractivity contribution >= 4 is 11.6 Å².